The summed E-state index contributed by atoms with van der Waals surface area (Å²) in [6, 6.07) is 21.2. The number of hydrogen-bond acceptors (Lipinski definition) is 2. The van der Waals surface area contributed by atoms with Crippen molar-refractivity contribution in [3.05, 3.63) is 102 Å². The molecule has 0 saturated heterocycles. The van der Waals surface area contributed by atoms with Crippen LogP contribution in [0.25, 0.3) is 6.08 Å². The number of carbonyl (C=O) groups excluding carboxylic acids is 1. The highest BCUT2D eigenvalue weighted by molar-refractivity contribution is 6.12. The van der Waals surface area contributed by atoms with E-state index in [9.17, 15) is 18.0 Å². The summed E-state index contributed by atoms with van der Waals surface area (Å²) in [6.45, 7) is 0. The van der Waals surface area contributed by atoms with Crippen molar-refractivity contribution in [2.45, 2.75) is 12.3 Å². The zero-order valence-corrected chi connectivity index (χ0v) is 15.2. The molecule has 0 radical (unpaired) electrons. The molecule has 0 aromatic heterocycles. The Bertz CT molecular complexity index is 1060. The van der Waals surface area contributed by atoms with Gasteiger partial charge in [0, 0.05) is 11.4 Å². The molecule has 1 heterocycles. The van der Waals surface area contributed by atoms with Gasteiger partial charge in [0.1, 0.15) is 6.17 Å². The maximum atomic E-state index is 13.2. The average Bonchev–Trinajstić information content (AvgIpc) is 2.72. The zero-order valence-electron chi connectivity index (χ0n) is 15.2. The average molecular weight is 394 g/mol. The monoisotopic (exact) mass is 394 g/mol. The van der Waals surface area contributed by atoms with Gasteiger partial charge in [-0.05, 0) is 42.0 Å². The Labute approximate surface area is 166 Å². The summed E-state index contributed by atoms with van der Waals surface area (Å²) in [5, 5.41) is 3.24. The van der Waals surface area contributed by atoms with Gasteiger partial charge in [0.15, 0.2) is 0 Å². The van der Waals surface area contributed by atoms with E-state index in [4.69, 9.17) is 0 Å². The molecule has 4 rings (SSSR count). The Morgan fingerprint density at radius 3 is 2.38 bits per heavy atom. The van der Waals surface area contributed by atoms with Gasteiger partial charge in [-0.2, -0.15) is 13.2 Å². The van der Waals surface area contributed by atoms with E-state index in [1.807, 2.05) is 36.4 Å². The fourth-order valence-electron chi connectivity index (χ4n) is 3.29. The minimum atomic E-state index is -4.49. The predicted molar refractivity (Wildman–Crippen MR) is 108 cm³/mol. The first-order valence-corrected chi connectivity index (χ1v) is 9.03. The third-order valence-electron chi connectivity index (χ3n) is 4.68. The third-order valence-corrected chi connectivity index (χ3v) is 4.68. The molecule has 0 saturated carbocycles. The first-order chi connectivity index (χ1) is 13.9. The van der Waals surface area contributed by atoms with Gasteiger partial charge in [0.2, 0.25) is 0 Å². The fourth-order valence-corrected chi connectivity index (χ4v) is 3.29. The van der Waals surface area contributed by atoms with Crippen LogP contribution in [0.1, 0.15) is 21.5 Å². The molecule has 0 aliphatic carbocycles. The van der Waals surface area contributed by atoms with E-state index in [0.717, 1.165) is 17.7 Å². The van der Waals surface area contributed by atoms with Gasteiger partial charge in [0.25, 0.3) is 5.91 Å². The number of anilines is 2. The molecular formula is C23H17F3N2O. The number of fused-ring (bicyclic) bond motifs is 1. The normalized spacial score (nSPS) is 16.6. The molecule has 146 valence electrons. The highest BCUT2D eigenvalue weighted by Crippen LogP contribution is 2.35. The summed E-state index contributed by atoms with van der Waals surface area (Å²) in [4.78, 5) is 14.5. The Morgan fingerprint density at radius 2 is 1.62 bits per heavy atom. The van der Waals surface area contributed by atoms with Crippen LogP contribution >= 0.6 is 0 Å². The van der Waals surface area contributed by atoms with Gasteiger partial charge in [0.05, 0.1) is 11.1 Å². The van der Waals surface area contributed by atoms with Gasteiger partial charge >= 0.3 is 6.18 Å². The maximum Gasteiger partial charge on any atom is 0.416 e. The van der Waals surface area contributed by atoms with Crippen LogP contribution in [0.4, 0.5) is 24.5 Å². The van der Waals surface area contributed by atoms with Gasteiger partial charge < -0.3 is 5.32 Å². The largest absolute Gasteiger partial charge is 0.416 e. The molecule has 6 heteroatoms. The Morgan fingerprint density at radius 1 is 0.897 bits per heavy atom. The smallest absolute Gasteiger partial charge is 0.361 e. The van der Waals surface area contributed by atoms with Crippen LogP contribution in [0.3, 0.4) is 0 Å². The number of benzene rings is 3. The van der Waals surface area contributed by atoms with Crippen LogP contribution in [0, 0.1) is 0 Å². The lowest BCUT2D eigenvalue weighted by atomic mass is 10.0. The van der Waals surface area contributed by atoms with Crippen LogP contribution in [0.2, 0.25) is 0 Å². The summed E-state index contributed by atoms with van der Waals surface area (Å²) in [7, 11) is 0. The van der Waals surface area contributed by atoms with Crippen molar-refractivity contribution in [1.82, 2.24) is 0 Å². The molecule has 0 spiro atoms. The second kappa shape index (κ2) is 7.47. The van der Waals surface area contributed by atoms with Crippen LogP contribution in [0.5, 0.6) is 0 Å². The number of carbonyl (C=O) groups is 1. The number of halogens is 3. The Balaban J connectivity index is 1.77. The fraction of sp³-hybridized carbons (Fsp3) is 0.0870. The second-order valence-electron chi connectivity index (χ2n) is 6.63. The van der Waals surface area contributed by atoms with Crippen LogP contribution < -0.4 is 10.2 Å². The number of rotatable bonds is 3. The summed E-state index contributed by atoms with van der Waals surface area (Å²) >= 11 is 0. The molecule has 0 bridgehead atoms. The van der Waals surface area contributed by atoms with Crippen molar-refractivity contribution >= 4 is 23.4 Å². The van der Waals surface area contributed by atoms with Crippen molar-refractivity contribution in [2.24, 2.45) is 0 Å². The molecule has 1 aliphatic heterocycles. The Hall–Kier alpha value is -3.54. The van der Waals surface area contributed by atoms with E-state index in [-0.39, 0.29) is 11.6 Å². The van der Waals surface area contributed by atoms with Crippen molar-refractivity contribution in [3.63, 3.8) is 0 Å². The third kappa shape index (κ3) is 3.87. The SMILES string of the molecule is O=C1c2ccccc2N[C@H](/C=C/c2ccccc2)N1c1cccc(C(F)(F)F)c1. The summed E-state index contributed by atoms with van der Waals surface area (Å²) in [5.41, 5.74) is 1.35. The van der Waals surface area contributed by atoms with E-state index in [2.05, 4.69) is 5.32 Å². The maximum absolute atomic E-state index is 13.2. The lowest BCUT2D eigenvalue weighted by Gasteiger charge is -2.36. The highest BCUT2D eigenvalue weighted by Gasteiger charge is 2.34. The van der Waals surface area contributed by atoms with E-state index < -0.39 is 17.9 Å². The lowest BCUT2D eigenvalue weighted by molar-refractivity contribution is -0.137. The van der Waals surface area contributed by atoms with E-state index in [1.165, 1.54) is 17.0 Å². The highest BCUT2D eigenvalue weighted by atomic mass is 19.4. The van der Waals surface area contributed by atoms with E-state index in [1.54, 1.807) is 30.3 Å². The van der Waals surface area contributed by atoms with Gasteiger partial charge in [-0.15, -0.1) is 0 Å². The number of alkyl halides is 3. The summed E-state index contributed by atoms with van der Waals surface area (Å²) in [5.74, 6) is -0.360. The number of nitrogens with one attached hydrogen (secondary N) is 1. The van der Waals surface area contributed by atoms with Crippen molar-refractivity contribution in [3.8, 4) is 0 Å². The second-order valence-corrected chi connectivity index (χ2v) is 6.63. The van der Waals surface area contributed by atoms with Gasteiger partial charge in [-0.1, -0.05) is 54.6 Å². The minimum Gasteiger partial charge on any atom is -0.361 e. The molecule has 1 N–H and O–H groups in total. The lowest BCUT2D eigenvalue weighted by Crippen LogP contribution is -2.48. The van der Waals surface area contributed by atoms with Crippen molar-refractivity contribution in [1.29, 1.82) is 0 Å². The van der Waals surface area contributed by atoms with Crippen LogP contribution in [0.15, 0.2) is 84.9 Å². The van der Waals surface area contributed by atoms with Crippen molar-refractivity contribution < 1.29 is 18.0 Å². The quantitative estimate of drug-likeness (QED) is 0.607. The standard InChI is InChI=1S/C23H17F3N2O/c24-23(25,26)17-9-6-10-18(15-17)28-21(14-13-16-7-2-1-3-8-16)27-20-12-5-4-11-19(20)22(28)29/h1-15,21,27H/b14-13+/t21-/m0/s1. The first-order valence-electron chi connectivity index (χ1n) is 9.03. The number of nitrogens with zero attached hydrogens (tertiary/aromatic N) is 1. The molecule has 1 amide bonds. The molecule has 29 heavy (non-hydrogen) atoms. The van der Waals surface area contributed by atoms with Crippen LogP contribution in [-0.2, 0) is 6.18 Å². The number of hydrogen-bond donors (Lipinski definition) is 1. The van der Waals surface area contributed by atoms with E-state index in [0.29, 0.717) is 11.3 Å². The molecule has 1 aliphatic rings. The first kappa shape index (κ1) is 18.8. The molecule has 0 unspecified atom stereocenters. The molecule has 3 nitrogen and oxygen atoms in total. The summed E-state index contributed by atoms with van der Waals surface area (Å²) < 4.78 is 39.6. The number of para-hydroxylation sites is 1. The minimum absolute atomic E-state index is 0.175. The molecule has 3 aromatic rings. The molecule has 1 atom stereocenters. The Kier molecular flexibility index (Phi) is 4.84. The van der Waals surface area contributed by atoms with Gasteiger partial charge in [-0.3, -0.25) is 9.69 Å². The van der Waals surface area contributed by atoms with Crippen molar-refractivity contribution in [2.75, 3.05) is 10.2 Å². The van der Waals surface area contributed by atoms with Gasteiger partial charge in [-0.25, -0.2) is 0 Å². The van der Waals surface area contributed by atoms with Crippen LogP contribution in [-0.4, -0.2) is 12.1 Å². The molecular weight excluding hydrogens is 377 g/mol. The molecule has 3 aromatic carbocycles. The topological polar surface area (TPSA) is 32.3 Å². The summed E-state index contributed by atoms with van der Waals surface area (Å²) in [6.07, 6.45) is -1.53. The molecule has 0 fully saturated rings. The van der Waals surface area contributed by atoms with E-state index >= 15 is 0 Å². The number of amides is 1. The zero-order chi connectivity index (χ0) is 20.4. The predicted octanol–water partition coefficient (Wildman–Crippen LogP) is 5.82.